The second-order valence-electron chi connectivity index (χ2n) is 9.55. The predicted molar refractivity (Wildman–Crippen MR) is 133 cm³/mol. The van der Waals surface area contributed by atoms with E-state index in [-0.39, 0.29) is 18.2 Å². The Balaban J connectivity index is 1.52. The molecule has 2 heterocycles. The number of amides is 2. The fraction of sp³-hybridized carbons (Fsp3) is 0.357. The first-order chi connectivity index (χ1) is 17.3. The van der Waals surface area contributed by atoms with Gasteiger partial charge in [0.15, 0.2) is 11.3 Å². The molecule has 5 rings (SSSR count). The summed E-state index contributed by atoms with van der Waals surface area (Å²) < 4.78 is 11.2. The quantitative estimate of drug-likeness (QED) is 0.277. The van der Waals surface area contributed by atoms with E-state index in [9.17, 15) is 19.2 Å². The highest BCUT2D eigenvalue weighted by atomic mass is 35.5. The van der Waals surface area contributed by atoms with Crippen LogP contribution in [0.4, 0.5) is 0 Å². The van der Waals surface area contributed by atoms with Crippen LogP contribution in [0.5, 0.6) is 0 Å². The van der Waals surface area contributed by atoms with Crippen LogP contribution in [-0.4, -0.2) is 28.7 Å². The van der Waals surface area contributed by atoms with Gasteiger partial charge in [-0.1, -0.05) is 54.6 Å². The number of halogens is 1. The summed E-state index contributed by atoms with van der Waals surface area (Å²) in [5.41, 5.74) is 1.48. The Labute approximate surface area is 213 Å². The largest absolute Gasteiger partial charge is 0.464 e. The highest BCUT2D eigenvalue weighted by Crippen LogP contribution is 2.39. The van der Waals surface area contributed by atoms with Crippen LogP contribution in [0.1, 0.15) is 54.7 Å². The smallest absolute Gasteiger partial charge is 0.320 e. The van der Waals surface area contributed by atoms with Crippen molar-refractivity contribution in [1.29, 1.82) is 0 Å². The number of hydrogen-bond acceptors (Lipinski definition) is 6. The van der Waals surface area contributed by atoms with E-state index in [1.54, 1.807) is 36.4 Å². The predicted octanol–water partition coefficient (Wildman–Crippen LogP) is 4.90. The van der Waals surface area contributed by atoms with Gasteiger partial charge in [-0.25, -0.2) is 0 Å². The summed E-state index contributed by atoms with van der Waals surface area (Å²) in [5.74, 6) is -4.73. The van der Waals surface area contributed by atoms with Crippen molar-refractivity contribution < 1.29 is 23.5 Å². The standard InChI is InChI=1S/C28H26ClNO6/c1-16-7-12-22-20(13-16)25(31)21(15-35-22)23-24(28(34)36-14-17-8-10-18(29)11-9-17)27(33)30(26(23)32)19-5-3-2-4-6-19/h7-13,15,19,23-24H,2-6,14H2,1H3/t23-,24-/m1/s1. The summed E-state index contributed by atoms with van der Waals surface area (Å²) >= 11 is 5.92. The molecule has 0 bridgehead atoms. The van der Waals surface area contributed by atoms with Crippen LogP contribution in [0.25, 0.3) is 11.0 Å². The molecule has 0 unspecified atom stereocenters. The van der Waals surface area contributed by atoms with Crippen molar-refractivity contribution in [2.45, 2.75) is 57.6 Å². The lowest BCUT2D eigenvalue weighted by Crippen LogP contribution is -2.42. The zero-order valence-corrected chi connectivity index (χ0v) is 20.6. The van der Waals surface area contributed by atoms with Gasteiger partial charge in [-0.2, -0.15) is 0 Å². The minimum absolute atomic E-state index is 0.00166. The second kappa shape index (κ2) is 9.90. The first kappa shape index (κ1) is 24.3. The third-order valence-electron chi connectivity index (χ3n) is 7.12. The van der Waals surface area contributed by atoms with Crippen molar-refractivity contribution in [2.24, 2.45) is 5.92 Å². The van der Waals surface area contributed by atoms with E-state index < -0.39 is 35.0 Å². The molecule has 8 heteroatoms. The second-order valence-corrected chi connectivity index (χ2v) is 9.98. The molecule has 1 saturated heterocycles. The molecule has 2 amide bonds. The van der Waals surface area contributed by atoms with Crippen molar-refractivity contribution in [2.75, 3.05) is 0 Å². The van der Waals surface area contributed by atoms with E-state index in [4.69, 9.17) is 20.8 Å². The Hall–Kier alpha value is -3.45. The fourth-order valence-corrected chi connectivity index (χ4v) is 5.37. The molecule has 2 aliphatic rings. The highest BCUT2D eigenvalue weighted by Gasteiger charge is 2.55. The van der Waals surface area contributed by atoms with Gasteiger partial charge >= 0.3 is 5.97 Å². The third kappa shape index (κ3) is 4.44. The fourth-order valence-electron chi connectivity index (χ4n) is 5.24. The Morgan fingerprint density at radius 1 is 1.03 bits per heavy atom. The Kier molecular flexibility index (Phi) is 6.67. The van der Waals surface area contributed by atoms with Crippen LogP contribution in [-0.2, 0) is 25.7 Å². The van der Waals surface area contributed by atoms with Crippen LogP contribution in [0.3, 0.4) is 0 Å². The zero-order chi connectivity index (χ0) is 25.4. The number of carbonyl (C=O) groups is 3. The maximum absolute atomic E-state index is 13.7. The van der Waals surface area contributed by atoms with Crippen molar-refractivity contribution in [3.63, 3.8) is 0 Å². The molecule has 7 nitrogen and oxygen atoms in total. The molecule has 1 saturated carbocycles. The van der Waals surface area contributed by atoms with Crippen LogP contribution in [0.2, 0.25) is 5.02 Å². The lowest BCUT2D eigenvalue weighted by molar-refractivity contribution is -0.155. The Bertz CT molecular complexity index is 1390. The molecule has 0 N–H and O–H groups in total. The summed E-state index contributed by atoms with van der Waals surface area (Å²) in [6.07, 6.45) is 5.41. The topological polar surface area (TPSA) is 93.9 Å². The number of carbonyl (C=O) groups excluding carboxylic acids is 3. The monoisotopic (exact) mass is 507 g/mol. The molecule has 1 aliphatic heterocycles. The number of imide groups is 1. The van der Waals surface area contributed by atoms with Crippen LogP contribution < -0.4 is 5.43 Å². The van der Waals surface area contributed by atoms with E-state index in [1.165, 1.54) is 11.2 Å². The van der Waals surface area contributed by atoms with Crippen molar-refractivity contribution in [1.82, 2.24) is 4.90 Å². The van der Waals surface area contributed by atoms with E-state index >= 15 is 0 Å². The summed E-state index contributed by atoms with van der Waals surface area (Å²) in [6.45, 7) is 1.76. The van der Waals surface area contributed by atoms with E-state index in [0.29, 0.717) is 34.4 Å². The summed E-state index contributed by atoms with van der Waals surface area (Å²) in [4.78, 5) is 55.3. The van der Waals surface area contributed by atoms with Crippen LogP contribution in [0.15, 0.2) is 57.9 Å². The Morgan fingerprint density at radius 3 is 2.47 bits per heavy atom. The minimum Gasteiger partial charge on any atom is -0.464 e. The SMILES string of the molecule is Cc1ccc2occ([C@H]3C(=O)N(C4CCCCC4)C(=O)[C@@H]3C(=O)OCc3ccc(Cl)cc3)c(=O)c2c1. The number of rotatable bonds is 5. The Morgan fingerprint density at radius 2 is 1.75 bits per heavy atom. The number of esters is 1. The van der Waals surface area contributed by atoms with Crippen LogP contribution in [0, 0.1) is 12.8 Å². The maximum Gasteiger partial charge on any atom is 0.320 e. The summed E-state index contributed by atoms with van der Waals surface area (Å²) in [5, 5.41) is 0.847. The molecular weight excluding hydrogens is 482 g/mol. The van der Waals surface area contributed by atoms with Crippen LogP contribution >= 0.6 is 11.6 Å². The first-order valence-corrected chi connectivity index (χ1v) is 12.5. The first-order valence-electron chi connectivity index (χ1n) is 12.1. The molecule has 1 aliphatic carbocycles. The van der Waals surface area contributed by atoms with Crippen molar-refractivity contribution in [3.05, 3.63) is 80.7 Å². The highest BCUT2D eigenvalue weighted by molar-refractivity contribution is 6.30. The van der Waals surface area contributed by atoms with Crippen molar-refractivity contribution in [3.8, 4) is 0 Å². The maximum atomic E-state index is 13.7. The van der Waals surface area contributed by atoms with Gasteiger partial charge in [0, 0.05) is 16.6 Å². The lowest BCUT2D eigenvalue weighted by atomic mass is 9.88. The number of likely N-dealkylation sites (tertiary alicyclic amines) is 1. The van der Waals surface area contributed by atoms with E-state index in [2.05, 4.69) is 0 Å². The number of benzene rings is 2. The average Bonchev–Trinajstić information content (AvgIpc) is 3.14. The number of hydrogen-bond donors (Lipinski definition) is 0. The van der Waals surface area contributed by atoms with Gasteiger partial charge in [0.1, 0.15) is 12.2 Å². The zero-order valence-electron chi connectivity index (χ0n) is 19.9. The van der Waals surface area contributed by atoms with Gasteiger partial charge in [0.2, 0.25) is 11.8 Å². The summed E-state index contributed by atoms with van der Waals surface area (Å²) in [7, 11) is 0. The van der Waals surface area contributed by atoms with Gasteiger partial charge in [0.05, 0.1) is 17.6 Å². The molecule has 3 aromatic rings. The summed E-state index contributed by atoms with van der Waals surface area (Å²) in [6, 6.07) is 11.7. The van der Waals surface area contributed by atoms with Gasteiger partial charge in [-0.15, -0.1) is 0 Å². The molecule has 1 aromatic heterocycles. The number of fused-ring (bicyclic) bond motifs is 1. The molecule has 36 heavy (non-hydrogen) atoms. The number of nitrogens with zero attached hydrogens (tertiary/aromatic N) is 1. The lowest BCUT2D eigenvalue weighted by Gasteiger charge is -2.29. The molecule has 2 atom stereocenters. The number of aryl methyl sites for hydroxylation is 1. The van der Waals surface area contributed by atoms with Crippen molar-refractivity contribution >= 4 is 40.4 Å². The molecule has 186 valence electrons. The van der Waals surface area contributed by atoms with Gasteiger partial charge in [-0.05, 0) is 49.6 Å². The normalized spacial score (nSPS) is 20.8. The minimum atomic E-state index is -1.45. The van der Waals surface area contributed by atoms with E-state index in [0.717, 1.165) is 24.8 Å². The molecule has 2 aromatic carbocycles. The van der Waals surface area contributed by atoms with Gasteiger partial charge < -0.3 is 9.15 Å². The number of ether oxygens (including phenoxy) is 1. The molecule has 2 fully saturated rings. The third-order valence-corrected chi connectivity index (χ3v) is 7.37. The average molecular weight is 508 g/mol. The molecule has 0 radical (unpaired) electrons. The van der Waals surface area contributed by atoms with Gasteiger partial charge in [0.25, 0.3) is 0 Å². The van der Waals surface area contributed by atoms with Gasteiger partial charge in [-0.3, -0.25) is 24.1 Å². The molecular formula is C28H26ClNO6. The molecule has 0 spiro atoms. The van der Waals surface area contributed by atoms with E-state index in [1.807, 2.05) is 13.0 Å².